The molecule has 1 aromatic carbocycles. The van der Waals surface area contributed by atoms with Crippen LogP contribution in [0.3, 0.4) is 0 Å². The zero-order valence-corrected chi connectivity index (χ0v) is 25.3. The van der Waals surface area contributed by atoms with Crippen LogP contribution >= 0.6 is 27.3 Å². The van der Waals surface area contributed by atoms with Crippen molar-refractivity contribution in [3.63, 3.8) is 0 Å². The molecule has 0 atom stereocenters. The van der Waals surface area contributed by atoms with Crippen molar-refractivity contribution in [1.29, 1.82) is 0 Å². The smallest absolute Gasteiger partial charge is 0.290 e. The fraction of sp³-hybridized carbons (Fsp3) is 0.500. The van der Waals surface area contributed by atoms with Gasteiger partial charge in [0, 0.05) is 36.8 Å². The van der Waals surface area contributed by atoms with Crippen molar-refractivity contribution >= 4 is 33.2 Å². The lowest BCUT2D eigenvalue weighted by Crippen LogP contribution is -2.43. The molecular weight excluding hydrogens is 536 g/mol. The molecule has 4 rings (SSSR count). The number of aryl methyl sites for hydroxylation is 1. The Balaban J connectivity index is 0.000000454. The maximum absolute atomic E-state index is 13.3. The lowest BCUT2D eigenvalue weighted by Gasteiger charge is -2.32. The maximum atomic E-state index is 13.3. The zero-order valence-electron chi connectivity index (χ0n) is 22.9. The lowest BCUT2D eigenvalue weighted by atomic mass is 9.96. The van der Waals surface area contributed by atoms with Crippen molar-refractivity contribution in [3.05, 3.63) is 45.5 Å². The Bertz CT molecular complexity index is 1190. The Morgan fingerprint density at radius 2 is 1.89 bits per heavy atom. The Hall–Kier alpha value is -2.16. The second kappa shape index (κ2) is 11.5. The van der Waals surface area contributed by atoms with E-state index in [1.807, 2.05) is 39.3 Å². The number of rotatable bonds is 5. The third-order valence-corrected chi connectivity index (χ3v) is 7.62. The van der Waals surface area contributed by atoms with Crippen LogP contribution in [-0.4, -0.2) is 52.1 Å². The molecule has 3 heterocycles. The molecule has 0 unspecified atom stereocenters. The molecule has 0 spiro atoms. The Morgan fingerprint density at radius 3 is 2.39 bits per heavy atom. The Labute approximate surface area is 228 Å². The SMILES string of the molecule is CC(C)NC(C)C.COc1cc2c(cc1Br)-c1c(-c3cccs3)nc(C(=O)N(C)C(C)(C)C)n1CC2. The summed E-state index contributed by atoms with van der Waals surface area (Å²) in [5.41, 5.74) is 3.89. The quantitative estimate of drug-likeness (QED) is 0.361. The number of benzene rings is 1. The van der Waals surface area contributed by atoms with Crippen molar-refractivity contribution in [2.45, 2.75) is 79.1 Å². The molecule has 3 aromatic rings. The van der Waals surface area contributed by atoms with Gasteiger partial charge >= 0.3 is 0 Å². The molecule has 0 radical (unpaired) electrons. The van der Waals surface area contributed by atoms with E-state index in [9.17, 15) is 4.79 Å². The number of hydrogen-bond donors (Lipinski definition) is 1. The van der Waals surface area contributed by atoms with E-state index in [1.165, 1.54) is 5.56 Å². The predicted molar refractivity (Wildman–Crippen MR) is 154 cm³/mol. The molecule has 0 saturated heterocycles. The van der Waals surface area contributed by atoms with Crippen LogP contribution in [0.25, 0.3) is 21.8 Å². The Kier molecular flexibility index (Phi) is 9.06. The summed E-state index contributed by atoms with van der Waals surface area (Å²) in [5, 5.41) is 5.34. The molecule has 1 amide bonds. The monoisotopic (exact) mass is 574 g/mol. The molecule has 6 nitrogen and oxygen atoms in total. The van der Waals surface area contributed by atoms with Gasteiger partial charge in [-0.05, 0) is 72.3 Å². The van der Waals surface area contributed by atoms with E-state index in [-0.39, 0.29) is 11.4 Å². The first-order chi connectivity index (χ1) is 16.8. The summed E-state index contributed by atoms with van der Waals surface area (Å²) >= 11 is 5.26. The number of carbonyl (C=O) groups excluding carboxylic acids is 1. The number of nitrogens with zero attached hydrogens (tertiary/aromatic N) is 3. The van der Waals surface area contributed by atoms with Gasteiger partial charge < -0.3 is 19.5 Å². The average Bonchev–Trinajstić information content (AvgIpc) is 3.44. The topological polar surface area (TPSA) is 59.4 Å². The predicted octanol–water partition coefficient (Wildman–Crippen LogP) is 6.87. The van der Waals surface area contributed by atoms with Crippen molar-refractivity contribution < 1.29 is 9.53 Å². The van der Waals surface area contributed by atoms with Crippen molar-refractivity contribution in [1.82, 2.24) is 19.8 Å². The van der Waals surface area contributed by atoms with E-state index in [0.29, 0.717) is 24.5 Å². The highest BCUT2D eigenvalue weighted by molar-refractivity contribution is 9.10. The van der Waals surface area contributed by atoms with E-state index in [0.717, 1.165) is 38.5 Å². The largest absolute Gasteiger partial charge is 0.496 e. The molecule has 36 heavy (non-hydrogen) atoms. The molecule has 1 aliphatic heterocycles. The summed E-state index contributed by atoms with van der Waals surface area (Å²) in [6.07, 6.45) is 0.825. The van der Waals surface area contributed by atoms with Crippen LogP contribution < -0.4 is 10.1 Å². The van der Waals surface area contributed by atoms with Gasteiger partial charge in [0.05, 0.1) is 22.2 Å². The first-order valence-corrected chi connectivity index (χ1v) is 14.1. The Morgan fingerprint density at radius 1 is 1.22 bits per heavy atom. The van der Waals surface area contributed by atoms with Gasteiger partial charge in [-0.25, -0.2) is 4.98 Å². The van der Waals surface area contributed by atoms with Gasteiger partial charge in [-0.1, -0.05) is 33.8 Å². The van der Waals surface area contributed by atoms with E-state index in [1.54, 1.807) is 23.3 Å². The number of nitrogens with one attached hydrogen (secondary N) is 1. The summed E-state index contributed by atoms with van der Waals surface area (Å²) in [7, 11) is 3.52. The summed E-state index contributed by atoms with van der Waals surface area (Å²) in [5.74, 6) is 1.26. The molecule has 196 valence electrons. The van der Waals surface area contributed by atoms with Gasteiger partial charge in [-0.3, -0.25) is 4.79 Å². The van der Waals surface area contributed by atoms with Crippen LogP contribution in [0.2, 0.25) is 0 Å². The number of hydrogen-bond acceptors (Lipinski definition) is 5. The van der Waals surface area contributed by atoms with Crippen LogP contribution in [0.1, 0.15) is 64.6 Å². The summed E-state index contributed by atoms with van der Waals surface area (Å²) in [6.45, 7) is 15.4. The van der Waals surface area contributed by atoms with Crippen LogP contribution in [0.15, 0.2) is 34.1 Å². The third kappa shape index (κ3) is 6.21. The van der Waals surface area contributed by atoms with Gasteiger partial charge in [0.2, 0.25) is 0 Å². The fourth-order valence-corrected chi connectivity index (χ4v) is 5.44. The number of amides is 1. The number of fused-ring (bicyclic) bond motifs is 3. The average molecular weight is 576 g/mol. The van der Waals surface area contributed by atoms with Gasteiger partial charge in [0.15, 0.2) is 5.82 Å². The van der Waals surface area contributed by atoms with Crippen LogP contribution in [0.4, 0.5) is 0 Å². The van der Waals surface area contributed by atoms with Crippen molar-refractivity contribution in [2.75, 3.05) is 14.2 Å². The molecule has 1 aliphatic rings. The molecule has 0 bridgehead atoms. The minimum absolute atomic E-state index is 0.0578. The summed E-state index contributed by atoms with van der Waals surface area (Å²) in [4.78, 5) is 21.0. The number of imidazole rings is 1. The van der Waals surface area contributed by atoms with Crippen molar-refractivity contribution in [3.8, 4) is 27.6 Å². The minimum atomic E-state index is -0.282. The minimum Gasteiger partial charge on any atom is -0.496 e. The van der Waals surface area contributed by atoms with E-state index in [4.69, 9.17) is 9.72 Å². The number of halogens is 1. The second-order valence-electron chi connectivity index (χ2n) is 10.7. The highest BCUT2D eigenvalue weighted by Crippen LogP contribution is 2.43. The summed E-state index contributed by atoms with van der Waals surface area (Å²) < 4.78 is 8.46. The van der Waals surface area contributed by atoms with E-state index < -0.39 is 0 Å². The van der Waals surface area contributed by atoms with Gasteiger partial charge in [0.1, 0.15) is 11.4 Å². The highest BCUT2D eigenvalue weighted by atomic mass is 79.9. The van der Waals surface area contributed by atoms with Crippen LogP contribution in [0.5, 0.6) is 5.75 Å². The van der Waals surface area contributed by atoms with E-state index >= 15 is 0 Å². The zero-order chi connectivity index (χ0) is 26.8. The second-order valence-corrected chi connectivity index (χ2v) is 12.5. The number of methoxy groups -OCH3 is 1. The first kappa shape index (κ1) is 28.4. The normalized spacial score (nSPS) is 12.7. The third-order valence-electron chi connectivity index (χ3n) is 6.13. The van der Waals surface area contributed by atoms with Crippen LogP contribution in [-0.2, 0) is 13.0 Å². The first-order valence-electron chi connectivity index (χ1n) is 12.4. The maximum Gasteiger partial charge on any atom is 0.290 e. The molecule has 1 N–H and O–H groups in total. The van der Waals surface area contributed by atoms with Crippen molar-refractivity contribution in [2.24, 2.45) is 0 Å². The lowest BCUT2D eigenvalue weighted by molar-refractivity contribution is 0.0638. The highest BCUT2D eigenvalue weighted by Gasteiger charge is 2.33. The molecule has 0 fully saturated rings. The number of thiophene rings is 1. The molecular formula is C28H39BrN4O2S. The molecule has 2 aromatic heterocycles. The number of carbonyl (C=O) groups is 1. The summed E-state index contributed by atoms with van der Waals surface area (Å²) in [6, 6.07) is 9.49. The number of aromatic nitrogens is 2. The van der Waals surface area contributed by atoms with E-state index in [2.05, 4.69) is 71.7 Å². The number of ether oxygens (including phenoxy) is 1. The molecule has 0 aliphatic carbocycles. The van der Waals surface area contributed by atoms with Crippen LogP contribution in [0, 0.1) is 0 Å². The standard InChI is InChI=1S/C22H24BrN3O2S.C6H15N/c1-22(2,3)25(4)21(27)20-24-18(17-7-6-10-29-17)19-14-12-15(23)16(28-5)11-13(14)8-9-26(19)20;1-5(2)7-6(3)4/h6-7,10-12H,8-9H2,1-5H3;5-7H,1-4H3. The van der Waals surface area contributed by atoms with Gasteiger partial charge in [0.25, 0.3) is 5.91 Å². The van der Waals surface area contributed by atoms with Gasteiger partial charge in [-0.15, -0.1) is 11.3 Å². The molecule has 0 saturated carbocycles. The molecule has 8 heteroatoms. The van der Waals surface area contributed by atoms with Gasteiger partial charge in [-0.2, -0.15) is 0 Å². The fourth-order valence-electron chi connectivity index (χ4n) is 4.22.